The Labute approximate surface area is 133 Å². The molecule has 0 aliphatic heterocycles. The van der Waals surface area contributed by atoms with Gasteiger partial charge in [-0.05, 0) is 30.1 Å². The van der Waals surface area contributed by atoms with Gasteiger partial charge in [0.25, 0.3) is 0 Å². The molecule has 2 atom stereocenters. The summed E-state index contributed by atoms with van der Waals surface area (Å²) in [4.78, 5) is 25.6. The van der Waals surface area contributed by atoms with Crippen molar-refractivity contribution < 1.29 is 27.5 Å². The predicted molar refractivity (Wildman–Crippen MR) is 77.7 cm³/mol. The van der Waals surface area contributed by atoms with Crippen molar-refractivity contribution in [2.45, 2.75) is 58.7 Å². The van der Waals surface area contributed by atoms with Crippen LogP contribution in [0.2, 0.25) is 0 Å². The topological polar surface area (TPSA) is 67.8 Å². The summed E-state index contributed by atoms with van der Waals surface area (Å²) < 4.78 is 40.7. The molecule has 1 aliphatic carbocycles. The standard InChI is InChI=1S/C15H23F3N2O3/c1-13(2)6-11(7-14(3,8-13)9-19-10-21)20-12(22)23-5-4-15(16,17)18/h11H,4-9H2,1-3H3,(H,20,22). The quantitative estimate of drug-likeness (QED) is 0.616. The highest BCUT2D eigenvalue weighted by Gasteiger charge is 2.41. The van der Waals surface area contributed by atoms with E-state index < -0.39 is 25.3 Å². The third-order valence-electron chi connectivity index (χ3n) is 3.91. The lowest BCUT2D eigenvalue weighted by Gasteiger charge is -2.45. The predicted octanol–water partition coefficient (Wildman–Crippen LogP) is 3.59. The third kappa shape index (κ3) is 7.50. The van der Waals surface area contributed by atoms with E-state index in [0.717, 1.165) is 6.42 Å². The maximum atomic E-state index is 12.0. The lowest BCUT2D eigenvalue weighted by atomic mass is 9.62. The second kappa shape index (κ2) is 7.34. The zero-order valence-corrected chi connectivity index (χ0v) is 13.6. The normalized spacial score (nSPS) is 27.0. The second-order valence-corrected chi connectivity index (χ2v) is 7.31. The van der Waals surface area contributed by atoms with Crippen molar-refractivity contribution >= 4 is 12.2 Å². The molecule has 1 fully saturated rings. The van der Waals surface area contributed by atoms with Crippen LogP contribution in [0.15, 0.2) is 4.99 Å². The van der Waals surface area contributed by atoms with Crippen molar-refractivity contribution in [3.63, 3.8) is 0 Å². The van der Waals surface area contributed by atoms with Crippen molar-refractivity contribution in [3.05, 3.63) is 0 Å². The Morgan fingerprint density at radius 1 is 1.35 bits per heavy atom. The molecule has 1 N–H and O–H groups in total. The minimum Gasteiger partial charge on any atom is -0.449 e. The summed E-state index contributed by atoms with van der Waals surface area (Å²) in [6, 6.07) is -0.232. The third-order valence-corrected chi connectivity index (χ3v) is 3.91. The van der Waals surface area contributed by atoms with E-state index >= 15 is 0 Å². The van der Waals surface area contributed by atoms with Crippen LogP contribution in [0.3, 0.4) is 0 Å². The number of alkyl carbamates (subject to hydrolysis) is 1. The van der Waals surface area contributed by atoms with Crippen molar-refractivity contribution in [1.82, 2.24) is 5.32 Å². The molecule has 0 aromatic carbocycles. The molecule has 132 valence electrons. The van der Waals surface area contributed by atoms with Gasteiger partial charge in [-0.2, -0.15) is 13.2 Å². The largest absolute Gasteiger partial charge is 0.449 e. The van der Waals surface area contributed by atoms with Crippen LogP contribution in [0.5, 0.6) is 0 Å². The monoisotopic (exact) mass is 336 g/mol. The zero-order valence-electron chi connectivity index (χ0n) is 13.6. The molecule has 0 aromatic heterocycles. The first-order valence-electron chi connectivity index (χ1n) is 7.48. The fourth-order valence-electron chi connectivity index (χ4n) is 3.55. The molecule has 0 heterocycles. The van der Waals surface area contributed by atoms with Crippen LogP contribution in [0.1, 0.15) is 46.5 Å². The number of nitrogens with one attached hydrogen (secondary N) is 1. The molecular formula is C15H23F3N2O3. The number of aliphatic imine (C=N–C) groups is 1. The van der Waals surface area contributed by atoms with Crippen LogP contribution in [-0.4, -0.2) is 37.5 Å². The molecule has 0 bridgehead atoms. The van der Waals surface area contributed by atoms with E-state index in [1.807, 2.05) is 20.8 Å². The first-order valence-corrected chi connectivity index (χ1v) is 7.48. The first-order chi connectivity index (χ1) is 10.4. The minimum atomic E-state index is -4.35. The average molecular weight is 336 g/mol. The Balaban J connectivity index is 2.57. The molecule has 2 unspecified atom stereocenters. The Morgan fingerprint density at radius 2 is 2.00 bits per heavy atom. The van der Waals surface area contributed by atoms with Gasteiger partial charge in [-0.3, -0.25) is 0 Å². The van der Waals surface area contributed by atoms with Crippen molar-refractivity contribution in [1.29, 1.82) is 0 Å². The number of amides is 1. The van der Waals surface area contributed by atoms with E-state index in [1.54, 1.807) is 0 Å². The molecule has 1 rings (SSSR count). The molecule has 1 amide bonds. The van der Waals surface area contributed by atoms with Crippen LogP contribution >= 0.6 is 0 Å². The number of nitrogens with zero attached hydrogens (tertiary/aromatic N) is 1. The summed E-state index contributed by atoms with van der Waals surface area (Å²) in [5, 5.41) is 2.62. The zero-order chi connectivity index (χ0) is 17.7. The fraction of sp³-hybridized carbons (Fsp3) is 0.867. The summed E-state index contributed by atoms with van der Waals surface area (Å²) in [6.07, 6.45) is -2.75. The number of carbonyl (C=O) groups excluding carboxylic acids is 2. The maximum absolute atomic E-state index is 12.0. The van der Waals surface area contributed by atoms with Gasteiger partial charge in [-0.1, -0.05) is 20.8 Å². The van der Waals surface area contributed by atoms with Gasteiger partial charge < -0.3 is 10.1 Å². The summed E-state index contributed by atoms with van der Waals surface area (Å²) >= 11 is 0. The van der Waals surface area contributed by atoms with E-state index in [0.29, 0.717) is 19.4 Å². The van der Waals surface area contributed by atoms with Gasteiger partial charge in [-0.25, -0.2) is 14.6 Å². The first kappa shape index (κ1) is 19.5. The summed E-state index contributed by atoms with van der Waals surface area (Å²) in [7, 11) is 0. The smallest absolute Gasteiger partial charge is 0.407 e. The number of hydrogen-bond acceptors (Lipinski definition) is 4. The molecule has 8 heteroatoms. The lowest BCUT2D eigenvalue weighted by molar-refractivity contribution is -0.141. The number of halogens is 3. The molecule has 0 saturated heterocycles. The number of hydrogen-bond donors (Lipinski definition) is 1. The maximum Gasteiger partial charge on any atom is 0.407 e. The van der Waals surface area contributed by atoms with E-state index in [2.05, 4.69) is 15.0 Å². The number of rotatable bonds is 5. The Kier molecular flexibility index (Phi) is 6.22. The summed E-state index contributed by atoms with van der Waals surface area (Å²) in [5.41, 5.74) is -0.363. The molecule has 5 nitrogen and oxygen atoms in total. The van der Waals surface area contributed by atoms with E-state index in [-0.39, 0.29) is 16.9 Å². The van der Waals surface area contributed by atoms with Crippen molar-refractivity contribution in [2.75, 3.05) is 13.2 Å². The number of ether oxygens (including phenoxy) is 1. The van der Waals surface area contributed by atoms with Gasteiger partial charge in [0.05, 0.1) is 13.0 Å². The van der Waals surface area contributed by atoms with Crippen LogP contribution in [0, 0.1) is 10.8 Å². The Bertz CT molecular complexity index is 473. The summed E-state index contributed by atoms with van der Waals surface area (Å²) in [6.45, 7) is 5.66. The molecule has 0 aromatic rings. The molecule has 0 spiro atoms. The van der Waals surface area contributed by atoms with Gasteiger partial charge in [-0.15, -0.1) is 0 Å². The van der Waals surface area contributed by atoms with Crippen LogP contribution in [0.25, 0.3) is 0 Å². The highest BCUT2D eigenvalue weighted by Crippen LogP contribution is 2.46. The average Bonchev–Trinajstić information content (AvgIpc) is 2.32. The summed E-state index contributed by atoms with van der Waals surface area (Å²) in [5.74, 6) is 0. The Morgan fingerprint density at radius 3 is 2.57 bits per heavy atom. The van der Waals surface area contributed by atoms with E-state index in [1.165, 1.54) is 6.08 Å². The second-order valence-electron chi connectivity index (χ2n) is 7.31. The van der Waals surface area contributed by atoms with Crippen molar-refractivity contribution in [3.8, 4) is 0 Å². The fourth-order valence-corrected chi connectivity index (χ4v) is 3.55. The lowest BCUT2D eigenvalue weighted by Crippen LogP contribution is -2.48. The molecular weight excluding hydrogens is 313 g/mol. The van der Waals surface area contributed by atoms with E-state index in [4.69, 9.17) is 0 Å². The molecule has 23 heavy (non-hydrogen) atoms. The molecule has 1 aliphatic rings. The van der Waals surface area contributed by atoms with Gasteiger partial charge in [0.2, 0.25) is 6.08 Å². The number of isocyanates is 1. The SMILES string of the molecule is CC1(C)CC(NC(=O)OCCC(F)(F)F)CC(C)(CN=C=O)C1. The van der Waals surface area contributed by atoms with Crippen LogP contribution in [-0.2, 0) is 9.53 Å². The number of carbonyl (C=O) groups is 1. The van der Waals surface area contributed by atoms with Crippen molar-refractivity contribution in [2.24, 2.45) is 15.8 Å². The number of alkyl halides is 3. The van der Waals surface area contributed by atoms with E-state index in [9.17, 15) is 22.8 Å². The van der Waals surface area contributed by atoms with Gasteiger partial charge in [0.1, 0.15) is 6.61 Å². The van der Waals surface area contributed by atoms with Crippen LogP contribution in [0.4, 0.5) is 18.0 Å². The Hall–Kier alpha value is -1.56. The highest BCUT2D eigenvalue weighted by atomic mass is 19.4. The van der Waals surface area contributed by atoms with Gasteiger partial charge >= 0.3 is 12.3 Å². The molecule has 0 radical (unpaired) electrons. The molecule has 1 saturated carbocycles. The van der Waals surface area contributed by atoms with Crippen LogP contribution < -0.4 is 5.32 Å². The minimum absolute atomic E-state index is 0.0880. The highest BCUT2D eigenvalue weighted by molar-refractivity contribution is 5.67. The van der Waals surface area contributed by atoms with Gasteiger partial charge in [0.15, 0.2) is 0 Å². The van der Waals surface area contributed by atoms with Gasteiger partial charge in [0, 0.05) is 6.04 Å².